The van der Waals surface area contributed by atoms with Crippen LogP contribution in [-0.4, -0.2) is 33.2 Å². The van der Waals surface area contributed by atoms with Crippen molar-refractivity contribution in [2.24, 2.45) is 5.73 Å². The Hall–Kier alpha value is -1.02. The van der Waals surface area contributed by atoms with Crippen LogP contribution in [0.3, 0.4) is 0 Å². The molecule has 21 heavy (non-hydrogen) atoms. The minimum absolute atomic E-state index is 0.109. The Kier molecular flexibility index (Phi) is 4.67. The lowest BCUT2D eigenvalue weighted by Crippen LogP contribution is -2.64. The SMILES string of the molecule is CCOC1CC(N)C1NS(=O)(=O)c1c(C)cc(F)cc1C. The van der Waals surface area contributed by atoms with Crippen molar-refractivity contribution in [1.29, 1.82) is 0 Å². The van der Waals surface area contributed by atoms with Gasteiger partial charge in [0.15, 0.2) is 0 Å². The van der Waals surface area contributed by atoms with E-state index in [9.17, 15) is 12.8 Å². The summed E-state index contributed by atoms with van der Waals surface area (Å²) in [4.78, 5) is 0.109. The number of ether oxygens (including phenoxy) is 1. The number of halogens is 1. The van der Waals surface area contributed by atoms with Crippen LogP contribution in [-0.2, 0) is 14.8 Å². The Morgan fingerprint density at radius 1 is 1.38 bits per heavy atom. The molecule has 3 N–H and O–H groups in total. The number of benzene rings is 1. The summed E-state index contributed by atoms with van der Waals surface area (Å²) in [7, 11) is -3.76. The molecule has 0 aromatic heterocycles. The Balaban J connectivity index is 2.27. The number of aryl methyl sites for hydroxylation is 2. The Morgan fingerprint density at radius 2 is 1.95 bits per heavy atom. The second-order valence-electron chi connectivity index (χ2n) is 5.41. The minimum Gasteiger partial charge on any atom is -0.377 e. The molecule has 3 unspecified atom stereocenters. The zero-order chi connectivity index (χ0) is 15.8. The van der Waals surface area contributed by atoms with Crippen LogP contribution in [0.5, 0.6) is 0 Å². The first-order valence-electron chi connectivity index (χ1n) is 6.92. The summed E-state index contributed by atoms with van der Waals surface area (Å²) < 4.78 is 46.4. The smallest absolute Gasteiger partial charge is 0.241 e. The van der Waals surface area contributed by atoms with E-state index in [4.69, 9.17) is 10.5 Å². The van der Waals surface area contributed by atoms with Gasteiger partial charge in [-0.3, -0.25) is 0 Å². The van der Waals surface area contributed by atoms with Crippen LogP contribution in [0.1, 0.15) is 24.5 Å². The maximum absolute atomic E-state index is 13.3. The number of nitrogens with two attached hydrogens (primary N) is 1. The maximum Gasteiger partial charge on any atom is 0.241 e. The van der Waals surface area contributed by atoms with Gasteiger partial charge in [-0.1, -0.05) is 0 Å². The van der Waals surface area contributed by atoms with E-state index in [0.717, 1.165) is 0 Å². The van der Waals surface area contributed by atoms with E-state index in [-0.39, 0.29) is 17.0 Å². The van der Waals surface area contributed by atoms with E-state index in [2.05, 4.69) is 4.72 Å². The van der Waals surface area contributed by atoms with Gasteiger partial charge in [-0.25, -0.2) is 17.5 Å². The topological polar surface area (TPSA) is 81.4 Å². The second kappa shape index (κ2) is 6.00. The third kappa shape index (κ3) is 3.26. The molecule has 1 aromatic rings. The first kappa shape index (κ1) is 16.4. The fourth-order valence-electron chi connectivity index (χ4n) is 2.75. The summed E-state index contributed by atoms with van der Waals surface area (Å²) in [5, 5.41) is 0. The van der Waals surface area contributed by atoms with Crippen molar-refractivity contribution in [3.05, 3.63) is 29.1 Å². The molecule has 0 saturated heterocycles. The van der Waals surface area contributed by atoms with Gasteiger partial charge in [0.05, 0.1) is 17.0 Å². The molecule has 3 atom stereocenters. The van der Waals surface area contributed by atoms with E-state index in [0.29, 0.717) is 24.2 Å². The van der Waals surface area contributed by atoms with Gasteiger partial charge < -0.3 is 10.5 Å². The average Bonchev–Trinajstić information content (AvgIpc) is 2.34. The van der Waals surface area contributed by atoms with E-state index in [1.165, 1.54) is 12.1 Å². The molecular formula is C14H21FN2O3S. The summed E-state index contributed by atoms with van der Waals surface area (Å²) in [5.74, 6) is -0.448. The highest BCUT2D eigenvalue weighted by Crippen LogP contribution is 2.27. The van der Waals surface area contributed by atoms with Gasteiger partial charge in [-0.2, -0.15) is 0 Å². The lowest BCUT2D eigenvalue weighted by molar-refractivity contribution is -0.0248. The first-order valence-corrected chi connectivity index (χ1v) is 8.41. The summed E-state index contributed by atoms with van der Waals surface area (Å²) in [6.45, 7) is 5.50. The number of nitrogens with one attached hydrogen (secondary N) is 1. The Bertz CT molecular complexity index is 608. The highest BCUT2D eigenvalue weighted by molar-refractivity contribution is 7.89. The molecule has 1 fully saturated rings. The van der Waals surface area contributed by atoms with Crippen LogP contribution in [0.2, 0.25) is 0 Å². The van der Waals surface area contributed by atoms with Crippen LogP contribution in [0.15, 0.2) is 17.0 Å². The summed E-state index contributed by atoms with van der Waals surface area (Å²) in [6.07, 6.45) is 0.420. The highest BCUT2D eigenvalue weighted by Gasteiger charge is 2.42. The van der Waals surface area contributed by atoms with E-state index in [1.807, 2.05) is 6.92 Å². The van der Waals surface area contributed by atoms with Crippen molar-refractivity contribution < 1.29 is 17.5 Å². The average molecular weight is 316 g/mol. The van der Waals surface area contributed by atoms with Crippen LogP contribution in [0.25, 0.3) is 0 Å². The molecule has 0 aliphatic heterocycles. The first-order chi connectivity index (χ1) is 9.76. The fourth-order valence-corrected chi connectivity index (χ4v) is 4.52. The predicted molar refractivity (Wildman–Crippen MR) is 78.0 cm³/mol. The van der Waals surface area contributed by atoms with Crippen molar-refractivity contribution in [3.63, 3.8) is 0 Å². The highest BCUT2D eigenvalue weighted by atomic mass is 32.2. The van der Waals surface area contributed by atoms with Gasteiger partial charge in [0.1, 0.15) is 5.82 Å². The molecule has 1 aliphatic rings. The number of hydrogen-bond donors (Lipinski definition) is 2. The van der Waals surface area contributed by atoms with Crippen molar-refractivity contribution in [2.75, 3.05) is 6.61 Å². The number of sulfonamides is 1. The Morgan fingerprint density at radius 3 is 2.43 bits per heavy atom. The van der Waals surface area contributed by atoms with Crippen molar-refractivity contribution in [3.8, 4) is 0 Å². The van der Waals surface area contributed by atoms with Crippen LogP contribution >= 0.6 is 0 Å². The quantitative estimate of drug-likeness (QED) is 0.856. The van der Waals surface area contributed by atoms with Gasteiger partial charge in [0, 0.05) is 12.6 Å². The largest absolute Gasteiger partial charge is 0.377 e. The molecule has 5 nitrogen and oxygen atoms in total. The van der Waals surface area contributed by atoms with E-state index < -0.39 is 21.9 Å². The molecule has 0 heterocycles. The van der Waals surface area contributed by atoms with Gasteiger partial charge in [0.25, 0.3) is 0 Å². The fraction of sp³-hybridized carbons (Fsp3) is 0.571. The second-order valence-corrected chi connectivity index (χ2v) is 7.06. The van der Waals surface area contributed by atoms with Crippen molar-refractivity contribution >= 4 is 10.0 Å². The molecular weight excluding hydrogens is 295 g/mol. The molecule has 7 heteroatoms. The standard InChI is InChI=1S/C14H21FN2O3S/c1-4-20-12-7-11(16)13(12)17-21(18,19)14-8(2)5-10(15)6-9(14)3/h5-6,11-13,17H,4,7,16H2,1-3H3. The molecule has 1 aromatic carbocycles. The number of rotatable bonds is 5. The van der Waals surface area contributed by atoms with Crippen molar-refractivity contribution in [2.45, 2.75) is 50.3 Å². The molecule has 0 bridgehead atoms. The molecule has 2 rings (SSSR count). The molecule has 1 saturated carbocycles. The summed E-state index contributed by atoms with van der Waals surface area (Å²) in [5.41, 5.74) is 6.61. The van der Waals surface area contributed by atoms with Gasteiger partial charge in [-0.15, -0.1) is 0 Å². The maximum atomic E-state index is 13.3. The van der Waals surface area contributed by atoms with Gasteiger partial charge >= 0.3 is 0 Å². The number of hydrogen-bond acceptors (Lipinski definition) is 4. The molecule has 118 valence electrons. The zero-order valence-electron chi connectivity index (χ0n) is 12.4. The van der Waals surface area contributed by atoms with Gasteiger partial charge in [-0.05, 0) is 50.5 Å². The lowest BCUT2D eigenvalue weighted by Gasteiger charge is -2.42. The molecule has 0 radical (unpaired) electrons. The van der Waals surface area contributed by atoms with E-state index in [1.54, 1.807) is 13.8 Å². The van der Waals surface area contributed by atoms with E-state index >= 15 is 0 Å². The monoisotopic (exact) mass is 316 g/mol. The lowest BCUT2D eigenvalue weighted by atomic mass is 9.84. The molecule has 1 aliphatic carbocycles. The van der Waals surface area contributed by atoms with Crippen LogP contribution in [0.4, 0.5) is 4.39 Å². The van der Waals surface area contributed by atoms with Crippen LogP contribution < -0.4 is 10.5 Å². The minimum atomic E-state index is -3.76. The third-order valence-electron chi connectivity index (χ3n) is 3.73. The van der Waals surface area contributed by atoms with Gasteiger partial charge in [0.2, 0.25) is 10.0 Å². The Labute approximate surface area is 124 Å². The molecule has 0 amide bonds. The predicted octanol–water partition coefficient (Wildman–Crippen LogP) is 1.23. The zero-order valence-corrected chi connectivity index (χ0v) is 13.2. The van der Waals surface area contributed by atoms with Crippen LogP contribution in [0, 0.1) is 19.7 Å². The summed E-state index contributed by atoms with van der Waals surface area (Å²) in [6, 6.07) is 1.71. The third-order valence-corrected chi connectivity index (χ3v) is 5.50. The summed E-state index contributed by atoms with van der Waals surface area (Å²) >= 11 is 0. The molecule has 0 spiro atoms. The normalized spacial score (nSPS) is 25.7. The van der Waals surface area contributed by atoms with Crippen molar-refractivity contribution in [1.82, 2.24) is 4.72 Å².